The zero-order valence-electron chi connectivity index (χ0n) is 12.4. The lowest BCUT2D eigenvalue weighted by molar-refractivity contribution is -0.133. The third kappa shape index (κ3) is 3.56. The number of nitrogens with two attached hydrogens (primary N) is 1. The summed E-state index contributed by atoms with van der Waals surface area (Å²) in [6.07, 6.45) is 0.659. The first-order valence-electron chi connectivity index (χ1n) is 7.23. The number of benzene rings is 1. The van der Waals surface area contributed by atoms with Crippen molar-refractivity contribution < 1.29 is 9.59 Å². The normalized spacial score (nSPS) is 19.8. The molecule has 0 saturated carbocycles. The Kier molecular flexibility index (Phi) is 4.88. The van der Waals surface area contributed by atoms with Crippen molar-refractivity contribution in [2.75, 3.05) is 13.1 Å². The summed E-state index contributed by atoms with van der Waals surface area (Å²) in [5, 5.41) is 0.656. The van der Waals surface area contributed by atoms with Crippen molar-refractivity contribution in [2.24, 2.45) is 17.6 Å². The number of hydrogen-bond donors (Lipinski definition) is 1. The number of amides is 2. The van der Waals surface area contributed by atoms with Crippen LogP contribution in [0.4, 0.5) is 0 Å². The van der Waals surface area contributed by atoms with Gasteiger partial charge >= 0.3 is 0 Å². The van der Waals surface area contributed by atoms with Gasteiger partial charge in [-0.3, -0.25) is 9.59 Å². The number of hydrogen-bond acceptors (Lipinski definition) is 2. The molecule has 2 amide bonds. The predicted molar refractivity (Wildman–Crippen MR) is 82.9 cm³/mol. The Morgan fingerprint density at radius 1 is 1.29 bits per heavy atom. The van der Waals surface area contributed by atoms with Gasteiger partial charge in [0, 0.05) is 18.1 Å². The minimum absolute atomic E-state index is 0.0658. The summed E-state index contributed by atoms with van der Waals surface area (Å²) in [7, 11) is 0. The van der Waals surface area contributed by atoms with Gasteiger partial charge in [-0.15, -0.1) is 0 Å². The van der Waals surface area contributed by atoms with Crippen LogP contribution in [0.1, 0.15) is 31.7 Å². The standard InChI is InChI=1S/C16H21ClN2O2/c1-10(2)14(11-3-5-13(17)6-4-11)16(21)19-8-7-12(9-19)15(18)20/h3-6,10,12,14H,7-9H2,1-2H3,(H2,18,20)/t12-,14-/m0/s1. The summed E-state index contributed by atoms with van der Waals surface area (Å²) < 4.78 is 0. The second-order valence-corrected chi connectivity index (χ2v) is 6.38. The highest BCUT2D eigenvalue weighted by Crippen LogP contribution is 2.30. The van der Waals surface area contributed by atoms with Crippen molar-refractivity contribution in [1.82, 2.24) is 4.90 Å². The van der Waals surface area contributed by atoms with Crippen LogP contribution in [0.15, 0.2) is 24.3 Å². The molecule has 2 N–H and O–H groups in total. The summed E-state index contributed by atoms with van der Waals surface area (Å²) >= 11 is 5.91. The van der Waals surface area contributed by atoms with Gasteiger partial charge in [0.1, 0.15) is 0 Å². The van der Waals surface area contributed by atoms with Crippen molar-refractivity contribution >= 4 is 23.4 Å². The quantitative estimate of drug-likeness (QED) is 0.928. The number of nitrogens with zero attached hydrogens (tertiary/aromatic N) is 1. The molecule has 0 bridgehead atoms. The Hall–Kier alpha value is -1.55. The van der Waals surface area contributed by atoms with Crippen molar-refractivity contribution in [3.8, 4) is 0 Å². The van der Waals surface area contributed by atoms with Crippen molar-refractivity contribution in [2.45, 2.75) is 26.2 Å². The van der Waals surface area contributed by atoms with E-state index in [4.69, 9.17) is 17.3 Å². The molecule has 2 atom stereocenters. The number of primary amides is 1. The third-order valence-electron chi connectivity index (χ3n) is 4.06. The molecule has 1 aromatic rings. The van der Waals surface area contributed by atoms with E-state index in [0.717, 1.165) is 5.56 Å². The highest BCUT2D eigenvalue weighted by Gasteiger charge is 2.34. The maximum absolute atomic E-state index is 12.8. The fourth-order valence-electron chi connectivity index (χ4n) is 2.87. The van der Waals surface area contributed by atoms with E-state index in [1.54, 1.807) is 17.0 Å². The largest absolute Gasteiger partial charge is 0.369 e. The van der Waals surface area contributed by atoms with Crippen LogP contribution in [-0.2, 0) is 9.59 Å². The van der Waals surface area contributed by atoms with Crippen LogP contribution < -0.4 is 5.73 Å². The van der Waals surface area contributed by atoms with Crippen molar-refractivity contribution in [1.29, 1.82) is 0 Å². The Morgan fingerprint density at radius 2 is 1.90 bits per heavy atom. The van der Waals surface area contributed by atoms with Gasteiger partial charge in [-0.25, -0.2) is 0 Å². The SMILES string of the molecule is CC(C)[C@H](C(=O)N1CC[C@H](C(N)=O)C1)c1ccc(Cl)cc1. The van der Waals surface area contributed by atoms with E-state index in [-0.39, 0.29) is 29.6 Å². The van der Waals surface area contributed by atoms with Crippen LogP contribution in [0.5, 0.6) is 0 Å². The van der Waals surface area contributed by atoms with Gasteiger partial charge in [0.2, 0.25) is 11.8 Å². The van der Waals surface area contributed by atoms with Crippen LogP contribution in [0.3, 0.4) is 0 Å². The average Bonchev–Trinajstić information content (AvgIpc) is 2.90. The summed E-state index contributed by atoms with van der Waals surface area (Å²) in [5.41, 5.74) is 6.29. The van der Waals surface area contributed by atoms with E-state index in [1.165, 1.54) is 0 Å². The first kappa shape index (κ1) is 15.8. The zero-order valence-corrected chi connectivity index (χ0v) is 13.1. The fourth-order valence-corrected chi connectivity index (χ4v) is 3.00. The highest BCUT2D eigenvalue weighted by atomic mass is 35.5. The minimum atomic E-state index is -0.321. The van der Waals surface area contributed by atoms with E-state index in [2.05, 4.69) is 0 Å². The van der Waals surface area contributed by atoms with Crippen LogP contribution >= 0.6 is 11.6 Å². The lowest BCUT2D eigenvalue weighted by Gasteiger charge is -2.26. The highest BCUT2D eigenvalue weighted by molar-refractivity contribution is 6.30. The summed E-state index contributed by atoms with van der Waals surface area (Å²) in [5.74, 6) is -0.513. The molecule has 0 unspecified atom stereocenters. The first-order chi connectivity index (χ1) is 9.90. The summed E-state index contributed by atoms with van der Waals surface area (Å²) in [6, 6.07) is 7.39. The fraction of sp³-hybridized carbons (Fsp3) is 0.500. The maximum atomic E-state index is 12.8. The summed E-state index contributed by atoms with van der Waals surface area (Å²) in [4.78, 5) is 25.8. The van der Waals surface area contributed by atoms with Crippen LogP contribution in [0.2, 0.25) is 5.02 Å². The lowest BCUT2D eigenvalue weighted by atomic mass is 9.87. The van der Waals surface area contributed by atoms with Gasteiger partial charge in [-0.05, 0) is 30.0 Å². The molecule has 1 aliphatic heterocycles. The van der Waals surface area contributed by atoms with Crippen molar-refractivity contribution in [3.05, 3.63) is 34.9 Å². The molecule has 114 valence electrons. The Bertz CT molecular complexity index is 528. The molecule has 5 heteroatoms. The number of likely N-dealkylation sites (tertiary alicyclic amines) is 1. The molecule has 0 radical (unpaired) electrons. The zero-order chi connectivity index (χ0) is 15.6. The van der Waals surface area contributed by atoms with Gasteiger partial charge < -0.3 is 10.6 Å². The van der Waals surface area contributed by atoms with E-state index in [9.17, 15) is 9.59 Å². The van der Waals surface area contributed by atoms with Gasteiger partial charge in [0.25, 0.3) is 0 Å². The van der Waals surface area contributed by atoms with Crippen LogP contribution in [0, 0.1) is 11.8 Å². The van der Waals surface area contributed by atoms with Crippen molar-refractivity contribution in [3.63, 3.8) is 0 Å². The third-order valence-corrected chi connectivity index (χ3v) is 4.32. The monoisotopic (exact) mass is 308 g/mol. The molecule has 1 saturated heterocycles. The van der Waals surface area contributed by atoms with E-state index < -0.39 is 0 Å². The molecule has 21 heavy (non-hydrogen) atoms. The molecule has 0 spiro atoms. The van der Waals surface area contributed by atoms with E-state index >= 15 is 0 Å². The average molecular weight is 309 g/mol. The van der Waals surface area contributed by atoms with Gasteiger partial charge in [-0.2, -0.15) is 0 Å². The second kappa shape index (κ2) is 6.48. The lowest BCUT2D eigenvalue weighted by Crippen LogP contribution is -2.36. The molecular weight excluding hydrogens is 288 g/mol. The molecule has 1 aliphatic rings. The summed E-state index contributed by atoms with van der Waals surface area (Å²) in [6.45, 7) is 5.09. The van der Waals surface area contributed by atoms with Gasteiger partial charge in [0.15, 0.2) is 0 Å². The number of carbonyl (C=O) groups is 2. The van der Waals surface area contributed by atoms with E-state index in [0.29, 0.717) is 24.5 Å². The Balaban J connectivity index is 2.17. The van der Waals surface area contributed by atoms with Gasteiger partial charge in [0.05, 0.1) is 11.8 Å². The molecule has 1 aromatic carbocycles. The first-order valence-corrected chi connectivity index (χ1v) is 7.61. The number of halogens is 1. The predicted octanol–water partition coefficient (Wildman–Crippen LogP) is 2.41. The molecule has 4 nitrogen and oxygen atoms in total. The topological polar surface area (TPSA) is 63.4 Å². The molecule has 2 rings (SSSR count). The van der Waals surface area contributed by atoms with Crippen LogP contribution in [0.25, 0.3) is 0 Å². The maximum Gasteiger partial charge on any atom is 0.230 e. The number of carbonyl (C=O) groups excluding carboxylic acids is 2. The molecule has 1 fully saturated rings. The second-order valence-electron chi connectivity index (χ2n) is 5.95. The Labute approximate surface area is 130 Å². The molecule has 0 aromatic heterocycles. The molecule has 1 heterocycles. The number of rotatable bonds is 4. The van der Waals surface area contributed by atoms with Crippen LogP contribution in [-0.4, -0.2) is 29.8 Å². The Morgan fingerprint density at radius 3 is 2.38 bits per heavy atom. The smallest absolute Gasteiger partial charge is 0.230 e. The van der Waals surface area contributed by atoms with Gasteiger partial charge in [-0.1, -0.05) is 37.6 Å². The molecular formula is C16H21ClN2O2. The molecule has 0 aliphatic carbocycles. The van der Waals surface area contributed by atoms with E-state index in [1.807, 2.05) is 26.0 Å². The minimum Gasteiger partial charge on any atom is -0.369 e.